The van der Waals surface area contributed by atoms with Crippen LogP contribution in [-0.2, 0) is 0 Å². The summed E-state index contributed by atoms with van der Waals surface area (Å²) in [5.74, 6) is -0.0571. The van der Waals surface area contributed by atoms with Gasteiger partial charge in [-0.2, -0.15) is 0 Å². The lowest BCUT2D eigenvalue weighted by molar-refractivity contribution is -0.274. The summed E-state index contributed by atoms with van der Waals surface area (Å²) < 4.78 is 45.6. The molecule has 4 nitrogen and oxygen atoms in total. The van der Waals surface area contributed by atoms with Gasteiger partial charge in [-0.1, -0.05) is 6.07 Å². The molecule has 110 valence electrons. The number of hydrogen-bond acceptors (Lipinski definition) is 3. The number of hydrogen-bond donors (Lipinski definition) is 0. The highest BCUT2D eigenvalue weighted by Gasteiger charge is 2.31. The lowest BCUT2D eigenvalue weighted by atomic mass is 10.2. The Morgan fingerprint density at radius 1 is 1.09 bits per heavy atom. The van der Waals surface area contributed by atoms with Crippen LogP contribution in [0.5, 0.6) is 5.75 Å². The molecule has 0 amide bonds. The second kappa shape index (κ2) is 5.07. The number of oxazole rings is 1. The second-order valence-electron chi connectivity index (χ2n) is 4.36. The standard InChI is InChI=1S/C15H7F3N2O2/c1-19-10-4-7-13-12(8-10)20-14(21-13)9-2-5-11(6-3-9)22-15(16,17)18/h2-8H. The summed E-state index contributed by atoms with van der Waals surface area (Å²) in [6, 6.07) is 10.0. The molecule has 22 heavy (non-hydrogen) atoms. The third-order valence-electron chi connectivity index (χ3n) is 2.84. The third-order valence-corrected chi connectivity index (χ3v) is 2.84. The van der Waals surface area contributed by atoms with Crippen LogP contribution in [0.3, 0.4) is 0 Å². The maximum absolute atomic E-state index is 12.1. The van der Waals surface area contributed by atoms with Gasteiger partial charge in [-0.25, -0.2) is 9.83 Å². The molecule has 0 atom stereocenters. The lowest BCUT2D eigenvalue weighted by Crippen LogP contribution is -2.16. The largest absolute Gasteiger partial charge is 0.573 e. The maximum atomic E-state index is 12.1. The Morgan fingerprint density at radius 2 is 1.82 bits per heavy atom. The topological polar surface area (TPSA) is 39.6 Å². The zero-order valence-electron chi connectivity index (χ0n) is 10.9. The predicted octanol–water partition coefficient (Wildman–Crippen LogP) is 4.94. The first-order valence-electron chi connectivity index (χ1n) is 6.09. The van der Waals surface area contributed by atoms with E-state index in [4.69, 9.17) is 11.0 Å². The van der Waals surface area contributed by atoms with Crippen molar-refractivity contribution < 1.29 is 22.3 Å². The molecular formula is C15H7F3N2O2. The van der Waals surface area contributed by atoms with Crippen molar-refractivity contribution in [2.45, 2.75) is 6.36 Å². The zero-order valence-corrected chi connectivity index (χ0v) is 10.9. The van der Waals surface area contributed by atoms with Gasteiger partial charge in [0, 0.05) is 5.56 Å². The molecule has 1 aromatic heterocycles. The van der Waals surface area contributed by atoms with Crippen molar-refractivity contribution in [3.8, 4) is 17.2 Å². The average Bonchev–Trinajstić information content (AvgIpc) is 2.89. The third kappa shape index (κ3) is 2.86. The molecule has 0 saturated carbocycles. The molecule has 0 aliphatic carbocycles. The number of fused-ring (bicyclic) bond motifs is 1. The number of aromatic nitrogens is 1. The quantitative estimate of drug-likeness (QED) is 0.629. The van der Waals surface area contributed by atoms with E-state index in [1.807, 2.05) is 0 Å². The molecule has 3 rings (SSSR count). The minimum Gasteiger partial charge on any atom is -0.436 e. The van der Waals surface area contributed by atoms with Crippen LogP contribution >= 0.6 is 0 Å². The molecule has 3 aromatic rings. The van der Waals surface area contributed by atoms with Gasteiger partial charge in [0.15, 0.2) is 11.3 Å². The molecule has 0 aliphatic rings. The van der Waals surface area contributed by atoms with Gasteiger partial charge in [0.05, 0.1) is 12.1 Å². The first kappa shape index (κ1) is 13.9. The smallest absolute Gasteiger partial charge is 0.436 e. The summed E-state index contributed by atoms with van der Waals surface area (Å²) in [6.07, 6.45) is -4.73. The Balaban J connectivity index is 1.92. The molecule has 0 fully saturated rings. The first-order valence-corrected chi connectivity index (χ1v) is 6.09. The molecule has 7 heteroatoms. The molecule has 0 aliphatic heterocycles. The number of alkyl halides is 3. The number of rotatable bonds is 2. The molecule has 0 saturated heterocycles. The molecule has 0 N–H and O–H groups in total. The van der Waals surface area contributed by atoms with Crippen molar-refractivity contribution >= 4 is 16.8 Å². The summed E-state index contributed by atoms with van der Waals surface area (Å²) in [4.78, 5) is 7.52. The van der Waals surface area contributed by atoms with Crippen LogP contribution in [0.1, 0.15) is 0 Å². The van der Waals surface area contributed by atoms with Crippen LogP contribution in [0, 0.1) is 6.57 Å². The molecule has 0 radical (unpaired) electrons. The fraction of sp³-hybridized carbons (Fsp3) is 0.0667. The van der Waals surface area contributed by atoms with Crippen LogP contribution in [0.4, 0.5) is 18.9 Å². The van der Waals surface area contributed by atoms with Gasteiger partial charge >= 0.3 is 6.36 Å². The fourth-order valence-corrected chi connectivity index (χ4v) is 1.91. The summed E-state index contributed by atoms with van der Waals surface area (Å²) in [6.45, 7) is 6.95. The minimum atomic E-state index is -4.73. The van der Waals surface area contributed by atoms with E-state index in [1.54, 1.807) is 18.2 Å². The molecule has 0 unspecified atom stereocenters. The van der Waals surface area contributed by atoms with Gasteiger partial charge in [-0.3, -0.25) is 0 Å². The maximum Gasteiger partial charge on any atom is 0.573 e. The average molecular weight is 304 g/mol. The van der Waals surface area contributed by atoms with Crippen molar-refractivity contribution in [1.82, 2.24) is 4.98 Å². The predicted molar refractivity (Wildman–Crippen MR) is 72.4 cm³/mol. The lowest BCUT2D eigenvalue weighted by Gasteiger charge is -2.08. The molecule has 1 heterocycles. The van der Waals surface area contributed by atoms with Crippen LogP contribution in [0.2, 0.25) is 0 Å². The molecular weight excluding hydrogens is 297 g/mol. The highest BCUT2D eigenvalue weighted by Crippen LogP contribution is 2.29. The second-order valence-corrected chi connectivity index (χ2v) is 4.36. The van der Waals surface area contributed by atoms with Crippen molar-refractivity contribution in [2.75, 3.05) is 0 Å². The van der Waals surface area contributed by atoms with Gasteiger partial charge in [0.2, 0.25) is 5.89 Å². The normalized spacial score (nSPS) is 11.4. The Morgan fingerprint density at radius 3 is 2.45 bits per heavy atom. The Kier molecular flexibility index (Phi) is 3.22. The van der Waals surface area contributed by atoms with E-state index in [1.165, 1.54) is 24.3 Å². The summed E-state index contributed by atoms with van der Waals surface area (Å²) in [5.41, 5.74) is 1.95. The van der Waals surface area contributed by atoms with Crippen LogP contribution in [0.15, 0.2) is 46.9 Å². The number of ether oxygens (including phenoxy) is 1. The fourth-order valence-electron chi connectivity index (χ4n) is 1.91. The number of benzene rings is 2. The molecule has 0 bridgehead atoms. The van der Waals surface area contributed by atoms with E-state index < -0.39 is 6.36 Å². The molecule has 0 spiro atoms. The van der Waals surface area contributed by atoms with Gasteiger partial charge < -0.3 is 9.15 Å². The first-order chi connectivity index (χ1) is 10.4. The van der Waals surface area contributed by atoms with Gasteiger partial charge in [-0.15, -0.1) is 13.2 Å². The summed E-state index contributed by atoms with van der Waals surface area (Å²) in [7, 11) is 0. The van der Waals surface area contributed by atoms with E-state index in [0.717, 1.165) is 0 Å². The van der Waals surface area contributed by atoms with Gasteiger partial charge in [0.1, 0.15) is 5.75 Å². The minimum absolute atomic E-state index is 0.260. The van der Waals surface area contributed by atoms with Crippen LogP contribution < -0.4 is 4.74 Å². The van der Waals surface area contributed by atoms with Gasteiger partial charge in [0.25, 0.3) is 0 Å². The summed E-state index contributed by atoms with van der Waals surface area (Å²) in [5, 5.41) is 0. The number of nitrogens with zero attached hydrogens (tertiary/aromatic N) is 2. The monoisotopic (exact) mass is 304 g/mol. The van der Waals surface area contributed by atoms with Crippen LogP contribution in [0.25, 0.3) is 27.4 Å². The Hall–Kier alpha value is -3.01. The van der Waals surface area contributed by atoms with E-state index in [2.05, 4.69) is 14.6 Å². The number of halogens is 3. The molecule has 2 aromatic carbocycles. The summed E-state index contributed by atoms with van der Waals surface area (Å²) >= 11 is 0. The van der Waals surface area contributed by atoms with Crippen molar-refractivity contribution in [3.05, 3.63) is 53.9 Å². The van der Waals surface area contributed by atoms with Crippen molar-refractivity contribution in [2.24, 2.45) is 0 Å². The van der Waals surface area contributed by atoms with E-state index in [0.29, 0.717) is 22.4 Å². The van der Waals surface area contributed by atoms with E-state index in [-0.39, 0.29) is 11.6 Å². The van der Waals surface area contributed by atoms with Crippen LogP contribution in [-0.4, -0.2) is 11.3 Å². The SMILES string of the molecule is [C-]#[N+]c1ccc2oc(-c3ccc(OC(F)(F)F)cc3)nc2c1. The van der Waals surface area contributed by atoms with Crippen molar-refractivity contribution in [3.63, 3.8) is 0 Å². The highest BCUT2D eigenvalue weighted by molar-refractivity contribution is 5.80. The Labute approximate surface area is 122 Å². The van der Waals surface area contributed by atoms with Gasteiger partial charge in [-0.05, 0) is 36.4 Å². The zero-order chi connectivity index (χ0) is 15.7. The van der Waals surface area contributed by atoms with E-state index >= 15 is 0 Å². The van der Waals surface area contributed by atoms with Crippen molar-refractivity contribution in [1.29, 1.82) is 0 Å². The van der Waals surface area contributed by atoms with E-state index in [9.17, 15) is 13.2 Å². The highest BCUT2D eigenvalue weighted by atomic mass is 19.4. The Bertz CT molecular complexity index is 861.